The number of carbonyl (C=O) groups excluding carboxylic acids is 1. The zero-order valence-electron chi connectivity index (χ0n) is 8.60. The summed E-state index contributed by atoms with van der Waals surface area (Å²) in [6.07, 6.45) is 3.66. The second kappa shape index (κ2) is 6.46. The zero-order chi connectivity index (χ0) is 10.3. The Morgan fingerprint density at radius 2 is 2.23 bits per heavy atom. The molecule has 13 heavy (non-hydrogen) atoms. The maximum atomic E-state index is 11.5. The maximum absolute atomic E-state index is 11.5. The summed E-state index contributed by atoms with van der Waals surface area (Å²) in [5.41, 5.74) is 0.501. The van der Waals surface area contributed by atoms with E-state index in [1.54, 1.807) is 6.08 Å². The Bertz CT molecular complexity index is 196. The average Bonchev–Trinajstić information content (AvgIpc) is 2.13. The highest BCUT2D eigenvalue weighted by Gasteiger charge is 2.14. The molecule has 0 bridgehead atoms. The van der Waals surface area contributed by atoms with Crippen LogP contribution in [0, 0.1) is 5.92 Å². The van der Waals surface area contributed by atoms with Crippen molar-refractivity contribution in [3.8, 4) is 0 Å². The van der Waals surface area contributed by atoms with Crippen molar-refractivity contribution in [3.63, 3.8) is 0 Å². The summed E-state index contributed by atoms with van der Waals surface area (Å²) in [5.74, 6) is 0.193. The third-order valence-corrected chi connectivity index (χ3v) is 1.93. The lowest BCUT2D eigenvalue weighted by Crippen LogP contribution is -2.24. The molecule has 2 nitrogen and oxygen atoms in total. The number of hydrogen-bond donors (Lipinski definition) is 1. The fraction of sp³-hybridized carbons (Fsp3) is 0.545. The zero-order valence-corrected chi connectivity index (χ0v) is 8.60. The molecule has 0 aromatic carbocycles. The Morgan fingerprint density at radius 1 is 1.62 bits per heavy atom. The highest BCUT2D eigenvalue weighted by atomic mass is 16.1. The molecule has 0 saturated carbocycles. The number of Topliss-reactive ketones (excluding diaryl/α,β-unsaturated/α-hetero) is 1. The van der Waals surface area contributed by atoms with Crippen LogP contribution < -0.4 is 5.32 Å². The van der Waals surface area contributed by atoms with Crippen LogP contribution in [0.2, 0.25) is 0 Å². The van der Waals surface area contributed by atoms with E-state index >= 15 is 0 Å². The average molecular weight is 181 g/mol. The summed E-state index contributed by atoms with van der Waals surface area (Å²) in [6.45, 7) is 11.9. The predicted octanol–water partition coefficient (Wildman–Crippen LogP) is 2.28. The van der Waals surface area contributed by atoms with Gasteiger partial charge in [0.15, 0.2) is 5.78 Å². The van der Waals surface area contributed by atoms with Crippen LogP contribution in [-0.2, 0) is 4.79 Å². The summed E-state index contributed by atoms with van der Waals surface area (Å²) < 4.78 is 0. The van der Waals surface area contributed by atoms with Crippen molar-refractivity contribution < 1.29 is 4.79 Å². The van der Waals surface area contributed by atoms with Crippen molar-refractivity contribution >= 4 is 5.78 Å². The minimum Gasteiger partial charge on any atom is -0.379 e. The van der Waals surface area contributed by atoms with Gasteiger partial charge in [-0.1, -0.05) is 32.9 Å². The van der Waals surface area contributed by atoms with E-state index < -0.39 is 0 Å². The summed E-state index contributed by atoms with van der Waals surface area (Å²) >= 11 is 0. The first-order chi connectivity index (χ1) is 6.13. The minimum atomic E-state index is 0.0785. The van der Waals surface area contributed by atoms with Crippen molar-refractivity contribution in [2.75, 3.05) is 6.54 Å². The highest BCUT2D eigenvalue weighted by Crippen LogP contribution is 2.09. The topological polar surface area (TPSA) is 29.1 Å². The third-order valence-electron chi connectivity index (χ3n) is 1.93. The lowest BCUT2D eigenvalue weighted by atomic mass is 9.99. The fourth-order valence-electron chi connectivity index (χ4n) is 1.14. The summed E-state index contributed by atoms with van der Waals surface area (Å²) in [5, 5.41) is 2.91. The molecule has 0 aromatic rings. The Labute approximate surface area is 80.7 Å². The standard InChI is InChI=1S/C11H19NO/c1-5-7-9(3)11(13)10(4)12-8-6-2/h6,9,12H,2,4-5,7-8H2,1,3H3. The number of allylic oxidation sites excluding steroid dienone is 1. The summed E-state index contributed by atoms with van der Waals surface area (Å²) in [6, 6.07) is 0. The van der Waals surface area contributed by atoms with Crippen LogP contribution in [0.3, 0.4) is 0 Å². The normalized spacial score (nSPS) is 11.8. The van der Waals surface area contributed by atoms with E-state index in [1.807, 2.05) is 6.92 Å². The molecule has 0 aliphatic heterocycles. The molecule has 0 saturated heterocycles. The molecule has 1 N–H and O–H groups in total. The second-order valence-electron chi connectivity index (χ2n) is 3.20. The van der Waals surface area contributed by atoms with E-state index in [0.29, 0.717) is 12.2 Å². The Balaban J connectivity index is 3.94. The predicted molar refractivity (Wildman–Crippen MR) is 56.4 cm³/mol. The van der Waals surface area contributed by atoms with E-state index in [4.69, 9.17) is 0 Å². The minimum absolute atomic E-state index is 0.0785. The lowest BCUT2D eigenvalue weighted by molar-refractivity contribution is -0.119. The number of nitrogens with one attached hydrogen (secondary N) is 1. The van der Waals surface area contributed by atoms with E-state index in [1.165, 1.54) is 0 Å². The molecular weight excluding hydrogens is 162 g/mol. The van der Waals surface area contributed by atoms with Crippen molar-refractivity contribution in [2.24, 2.45) is 5.92 Å². The first-order valence-electron chi connectivity index (χ1n) is 4.71. The van der Waals surface area contributed by atoms with Crippen LogP contribution >= 0.6 is 0 Å². The molecule has 74 valence electrons. The molecule has 0 spiro atoms. The van der Waals surface area contributed by atoms with Gasteiger partial charge in [-0.2, -0.15) is 0 Å². The first-order valence-corrected chi connectivity index (χ1v) is 4.71. The van der Waals surface area contributed by atoms with Crippen LogP contribution in [-0.4, -0.2) is 12.3 Å². The highest BCUT2D eigenvalue weighted by molar-refractivity contribution is 5.95. The van der Waals surface area contributed by atoms with Gasteiger partial charge < -0.3 is 5.32 Å². The molecule has 0 aromatic heterocycles. The van der Waals surface area contributed by atoms with Crippen LogP contribution in [0.15, 0.2) is 24.9 Å². The van der Waals surface area contributed by atoms with Crippen LogP contribution in [0.5, 0.6) is 0 Å². The molecule has 0 heterocycles. The molecule has 0 rings (SSSR count). The van der Waals surface area contributed by atoms with Gasteiger partial charge in [0.1, 0.15) is 0 Å². The number of hydrogen-bond acceptors (Lipinski definition) is 2. The van der Waals surface area contributed by atoms with E-state index in [0.717, 1.165) is 12.8 Å². The quantitative estimate of drug-likeness (QED) is 0.482. The van der Waals surface area contributed by atoms with E-state index in [2.05, 4.69) is 25.4 Å². The van der Waals surface area contributed by atoms with Crippen LogP contribution in [0.1, 0.15) is 26.7 Å². The van der Waals surface area contributed by atoms with E-state index in [9.17, 15) is 4.79 Å². The van der Waals surface area contributed by atoms with Gasteiger partial charge in [0, 0.05) is 12.5 Å². The van der Waals surface area contributed by atoms with Gasteiger partial charge in [0.05, 0.1) is 5.70 Å². The smallest absolute Gasteiger partial charge is 0.180 e. The Kier molecular flexibility index (Phi) is 5.94. The maximum Gasteiger partial charge on any atom is 0.180 e. The lowest BCUT2D eigenvalue weighted by Gasteiger charge is -2.11. The van der Waals surface area contributed by atoms with Crippen molar-refractivity contribution in [3.05, 3.63) is 24.9 Å². The number of carbonyl (C=O) groups is 1. The summed E-state index contributed by atoms with van der Waals surface area (Å²) in [7, 11) is 0. The van der Waals surface area contributed by atoms with Gasteiger partial charge in [0.25, 0.3) is 0 Å². The fourth-order valence-corrected chi connectivity index (χ4v) is 1.14. The Hall–Kier alpha value is -1.05. The Morgan fingerprint density at radius 3 is 2.69 bits per heavy atom. The summed E-state index contributed by atoms with van der Waals surface area (Å²) in [4.78, 5) is 11.5. The van der Waals surface area contributed by atoms with Gasteiger partial charge >= 0.3 is 0 Å². The van der Waals surface area contributed by atoms with Gasteiger partial charge in [-0.15, -0.1) is 6.58 Å². The van der Waals surface area contributed by atoms with Gasteiger partial charge in [-0.05, 0) is 6.42 Å². The van der Waals surface area contributed by atoms with Gasteiger partial charge in [-0.25, -0.2) is 0 Å². The molecule has 0 aliphatic rings. The largest absolute Gasteiger partial charge is 0.379 e. The number of rotatable bonds is 7. The first kappa shape index (κ1) is 11.9. The molecule has 1 unspecified atom stereocenters. The van der Waals surface area contributed by atoms with Crippen molar-refractivity contribution in [2.45, 2.75) is 26.7 Å². The molecule has 0 fully saturated rings. The number of ketones is 1. The second-order valence-corrected chi connectivity index (χ2v) is 3.20. The molecule has 1 atom stereocenters. The molecular formula is C11H19NO. The molecule has 2 heteroatoms. The molecule has 0 aliphatic carbocycles. The van der Waals surface area contributed by atoms with Crippen LogP contribution in [0.25, 0.3) is 0 Å². The van der Waals surface area contributed by atoms with Crippen molar-refractivity contribution in [1.82, 2.24) is 5.32 Å². The van der Waals surface area contributed by atoms with Crippen LogP contribution in [0.4, 0.5) is 0 Å². The SMILES string of the molecule is C=CCNC(=C)C(=O)C(C)CCC. The van der Waals surface area contributed by atoms with Gasteiger partial charge in [0.2, 0.25) is 0 Å². The molecule has 0 radical (unpaired) electrons. The molecule has 0 amide bonds. The van der Waals surface area contributed by atoms with E-state index in [-0.39, 0.29) is 11.7 Å². The van der Waals surface area contributed by atoms with Gasteiger partial charge in [-0.3, -0.25) is 4.79 Å². The van der Waals surface area contributed by atoms with Crippen molar-refractivity contribution in [1.29, 1.82) is 0 Å². The monoisotopic (exact) mass is 181 g/mol. The third kappa shape index (κ3) is 4.51.